The van der Waals surface area contributed by atoms with Crippen LogP contribution in [0.4, 0.5) is 8.78 Å². The first-order chi connectivity index (χ1) is 6.53. The summed E-state index contributed by atoms with van der Waals surface area (Å²) in [5.41, 5.74) is 0. The van der Waals surface area contributed by atoms with Crippen molar-refractivity contribution in [3.8, 4) is 0 Å². The molecule has 0 aromatic heterocycles. The number of carbonyl (C=O) groups is 1. The minimum absolute atomic E-state index is 0.0683. The molecule has 2 saturated heterocycles. The summed E-state index contributed by atoms with van der Waals surface area (Å²) in [6.07, 6.45) is 1.25. The maximum Gasteiger partial charge on any atom is 0.312 e. The number of carboxylic acid groups (broad SMARTS) is 1. The van der Waals surface area contributed by atoms with E-state index in [1.165, 1.54) is 0 Å². The van der Waals surface area contributed by atoms with Crippen LogP contribution in [0, 0.1) is 5.92 Å². The molecule has 1 N–H and O–H groups in total. The van der Waals surface area contributed by atoms with Gasteiger partial charge in [0.2, 0.25) is 0 Å². The first-order valence-corrected chi connectivity index (χ1v) is 4.88. The van der Waals surface area contributed by atoms with E-state index in [0.717, 1.165) is 6.42 Å². The standard InChI is InChI=1S/C9H13F2NO2/c10-9(11)6(8(13)14)3-5-12-4-1-2-7(9)12/h6-7H,1-5H2,(H,13,14). The maximum absolute atomic E-state index is 13.7. The third-order valence-electron chi connectivity index (χ3n) is 3.28. The number of carboxylic acids is 1. The molecule has 2 unspecified atom stereocenters. The van der Waals surface area contributed by atoms with E-state index in [0.29, 0.717) is 19.5 Å². The monoisotopic (exact) mass is 205 g/mol. The lowest BCUT2D eigenvalue weighted by atomic mass is 9.87. The molecule has 2 aliphatic rings. The topological polar surface area (TPSA) is 40.5 Å². The number of halogens is 2. The summed E-state index contributed by atoms with van der Waals surface area (Å²) in [6, 6.07) is -0.836. The third-order valence-corrected chi connectivity index (χ3v) is 3.28. The van der Waals surface area contributed by atoms with Gasteiger partial charge >= 0.3 is 5.97 Å². The SMILES string of the molecule is O=C(O)C1CCN2CCCC2C1(F)F. The number of alkyl halides is 2. The fourth-order valence-electron chi connectivity index (χ4n) is 2.54. The molecule has 0 aliphatic carbocycles. The minimum Gasteiger partial charge on any atom is -0.481 e. The van der Waals surface area contributed by atoms with Gasteiger partial charge in [0.1, 0.15) is 5.92 Å². The van der Waals surface area contributed by atoms with E-state index in [9.17, 15) is 13.6 Å². The van der Waals surface area contributed by atoms with E-state index >= 15 is 0 Å². The van der Waals surface area contributed by atoms with Crippen LogP contribution in [-0.4, -0.2) is 41.0 Å². The molecular formula is C9H13F2NO2. The number of fused-ring (bicyclic) bond motifs is 1. The molecule has 2 atom stereocenters. The molecule has 2 fully saturated rings. The normalized spacial score (nSPS) is 36.7. The first-order valence-electron chi connectivity index (χ1n) is 4.88. The van der Waals surface area contributed by atoms with Gasteiger partial charge in [-0.05, 0) is 32.4 Å². The predicted octanol–water partition coefficient (Wildman–Crippen LogP) is 1.19. The average molecular weight is 205 g/mol. The van der Waals surface area contributed by atoms with Gasteiger partial charge in [0, 0.05) is 0 Å². The van der Waals surface area contributed by atoms with Crippen LogP contribution in [0.2, 0.25) is 0 Å². The summed E-state index contributed by atoms with van der Waals surface area (Å²) >= 11 is 0. The summed E-state index contributed by atoms with van der Waals surface area (Å²) in [6.45, 7) is 1.18. The molecule has 5 heteroatoms. The number of piperidine rings is 1. The predicted molar refractivity (Wildman–Crippen MR) is 45.3 cm³/mol. The Morgan fingerprint density at radius 1 is 1.36 bits per heavy atom. The summed E-state index contributed by atoms with van der Waals surface area (Å²) in [5, 5.41) is 8.70. The molecule has 2 rings (SSSR count). The minimum atomic E-state index is -3.05. The molecule has 2 heterocycles. The zero-order valence-electron chi connectivity index (χ0n) is 7.75. The fraction of sp³-hybridized carbons (Fsp3) is 0.889. The molecule has 14 heavy (non-hydrogen) atoms. The zero-order valence-corrected chi connectivity index (χ0v) is 7.75. The largest absolute Gasteiger partial charge is 0.481 e. The Morgan fingerprint density at radius 2 is 2.07 bits per heavy atom. The lowest BCUT2D eigenvalue weighted by Gasteiger charge is -2.39. The number of hydrogen-bond donors (Lipinski definition) is 1. The number of aliphatic carboxylic acids is 1. The maximum atomic E-state index is 13.7. The van der Waals surface area contributed by atoms with Crippen molar-refractivity contribution in [2.75, 3.05) is 13.1 Å². The van der Waals surface area contributed by atoms with Gasteiger partial charge in [-0.25, -0.2) is 8.78 Å². The molecule has 0 bridgehead atoms. The van der Waals surface area contributed by atoms with E-state index < -0.39 is 23.9 Å². The van der Waals surface area contributed by atoms with Crippen molar-refractivity contribution in [2.45, 2.75) is 31.2 Å². The van der Waals surface area contributed by atoms with Crippen LogP contribution < -0.4 is 0 Å². The number of nitrogens with zero attached hydrogens (tertiary/aromatic N) is 1. The van der Waals surface area contributed by atoms with Gasteiger partial charge in [0.25, 0.3) is 5.92 Å². The lowest BCUT2D eigenvalue weighted by Crippen LogP contribution is -2.55. The van der Waals surface area contributed by atoms with Crippen molar-refractivity contribution >= 4 is 5.97 Å². The quantitative estimate of drug-likeness (QED) is 0.699. The number of hydrogen-bond acceptors (Lipinski definition) is 2. The van der Waals surface area contributed by atoms with E-state index in [2.05, 4.69) is 0 Å². The van der Waals surface area contributed by atoms with Crippen molar-refractivity contribution in [1.29, 1.82) is 0 Å². The Kier molecular flexibility index (Phi) is 2.21. The second-order valence-electron chi connectivity index (χ2n) is 4.05. The lowest BCUT2D eigenvalue weighted by molar-refractivity contribution is -0.177. The van der Waals surface area contributed by atoms with Crippen LogP contribution in [-0.2, 0) is 4.79 Å². The Labute approximate surface area is 80.7 Å². The van der Waals surface area contributed by atoms with Crippen LogP contribution in [0.1, 0.15) is 19.3 Å². The van der Waals surface area contributed by atoms with Crippen molar-refractivity contribution < 1.29 is 18.7 Å². The van der Waals surface area contributed by atoms with Gasteiger partial charge in [-0.2, -0.15) is 0 Å². The molecule has 0 aromatic rings. The van der Waals surface area contributed by atoms with Crippen LogP contribution in [0.3, 0.4) is 0 Å². The molecular weight excluding hydrogens is 192 g/mol. The average Bonchev–Trinajstić information content (AvgIpc) is 2.51. The summed E-state index contributed by atoms with van der Waals surface area (Å²) < 4.78 is 27.3. The van der Waals surface area contributed by atoms with E-state index in [-0.39, 0.29) is 6.42 Å². The Balaban J connectivity index is 2.21. The summed E-state index contributed by atoms with van der Waals surface area (Å²) in [5.74, 6) is -5.90. The smallest absolute Gasteiger partial charge is 0.312 e. The molecule has 2 aliphatic heterocycles. The van der Waals surface area contributed by atoms with Gasteiger partial charge < -0.3 is 5.11 Å². The second kappa shape index (κ2) is 3.15. The highest BCUT2D eigenvalue weighted by Gasteiger charge is 2.56. The highest BCUT2D eigenvalue weighted by molar-refractivity contribution is 5.71. The molecule has 0 amide bonds. The molecule has 0 saturated carbocycles. The molecule has 0 radical (unpaired) electrons. The molecule has 0 aromatic carbocycles. The molecule has 0 spiro atoms. The van der Waals surface area contributed by atoms with Gasteiger partial charge in [0.05, 0.1) is 6.04 Å². The Morgan fingerprint density at radius 3 is 2.71 bits per heavy atom. The van der Waals surface area contributed by atoms with Crippen molar-refractivity contribution in [3.63, 3.8) is 0 Å². The van der Waals surface area contributed by atoms with E-state index in [1.54, 1.807) is 4.90 Å². The van der Waals surface area contributed by atoms with Crippen molar-refractivity contribution in [1.82, 2.24) is 4.90 Å². The van der Waals surface area contributed by atoms with Gasteiger partial charge in [-0.1, -0.05) is 0 Å². The van der Waals surface area contributed by atoms with Crippen molar-refractivity contribution in [3.05, 3.63) is 0 Å². The summed E-state index contributed by atoms with van der Waals surface area (Å²) in [4.78, 5) is 12.4. The molecule has 3 nitrogen and oxygen atoms in total. The first kappa shape index (κ1) is 9.83. The zero-order chi connectivity index (χ0) is 10.3. The molecule has 80 valence electrons. The van der Waals surface area contributed by atoms with Crippen LogP contribution in [0.25, 0.3) is 0 Å². The summed E-state index contributed by atoms with van der Waals surface area (Å²) in [7, 11) is 0. The van der Waals surface area contributed by atoms with Crippen LogP contribution in [0.5, 0.6) is 0 Å². The van der Waals surface area contributed by atoms with Gasteiger partial charge in [-0.15, -0.1) is 0 Å². The van der Waals surface area contributed by atoms with Crippen molar-refractivity contribution in [2.24, 2.45) is 5.92 Å². The van der Waals surface area contributed by atoms with Gasteiger partial charge in [-0.3, -0.25) is 9.69 Å². The van der Waals surface area contributed by atoms with Crippen LogP contribution >= 0.6 is 0 Å². The highest BCUT2D eigenvalue weighted by atomic mass is 19.3. The van der Waals surface area contributed by atoms with Crippen LogP contribution in [0.15, 0.2) is 0 Å². The third kappa shape index (κ3) is 1.30. The van der Waals surface area contributed by atoms with E-state index in [4.69, 9.17) is 5.11 Å². The Bertz CT molecular complexity index is 257. The van der Waals surface area contributed by atoms with Gasteiger partial charge in [0.15, 0.2) is 0 Å². The second-order valence-corrected chi connectivity index (χ2v) is 4.05. The van der Waals surface area contributed by atoms with E-state index in [1.807, 2.05) is 0 Å². The highest BCUT2D eigenvalue weighted by Crippen LogP contribution is 2.42. The fourth-order valence-corrected chi connectivity index (χ4v) is 2.54. The Hall–Kier alpha value is -0.710. The number of rotatable bonds is 1.